The molecule has 110 valence electrons. The Labute approximate surface area is 123 Å². The van der Waals surface area contributed by atoms with E-state index in [2.05, 4.69) is 19.9 Å². The van der Waals surface area contributed by atoms with E-state index in [0.717, 1.165) is 0 Å². The fraction of sp³-hybridized carbons (Fsp3) is 0.842. The molecule has 1 heteroatoms. The SMILES string of the molecule is C[C@@]12CCC[C@H]1[C@@H]1C(=O)C=C3CCCC[C@]3(C)[C@H]1CC2. The van der Waals surface area contributed by atoms with Crippen molar-refractivity contribution in [2.45, 2.75) is 71.6 Å². The summed E-state index contributed by atoms with van der Waals surface area (Å²) in [6, 6.07) is 0. The smallest absolute Gasteiger partial charge is 0.159 e. The fourth-order valence-electron chi connectivity index (χ4n) is 6.42. The summed E-state index contributed by atoms with van der Waals surface area (Å²) >= 11 is 0. The molecule has 3 saturated carbocycles. The lowest BCUT2D eigenvalue weighted by atomic mass is 9.48. The normalized spacial score (nSPS) is 51.0. The number of allylic oxidation sites excluding steroid dienone is 2. The lowest BCUT2D eigenvalue weighted by molar-refractivity contribution is -0.132. The lowest BCUT2D eigenvalue weighted by Gasteiger charge is -2.55. The molecule has 0 aromatic heterocycles. The maximum absolute atomic E-state index is 12.8. The Bertz CT molecular complexity index is 476. The molecule has 0 aromatic rings. The van der Waals surface area contributed by atoms with E-state index >= 15 is 0 Å². The predicted octanol–water partition coefficient (Wildman–Crippen LogP) is 4.91. The van der Waals surface area contributed by atoms with Gasteiger partial charge in [0.15, 0.2) is 5.78 Å². The van der Waals surface area contributed by atoms with Crippen molar-refractivity contribution < 1.29 is 4.79 Å². The highest BCUT2D eigenvalue weighted by Crippen LogP contribution is 2.63. The van der Waals surface area contributed by atoms with Gasteiger partial charge in [0.25, 0.3) is 0 Å². The van der Waals surface area contributed by atoms with Crippen molar-refractivity contribution in [3.8, 4) is 0 Å². The maximum atomic E-state index is 12.8. The highest BCUT2D eigenvalue weighted by atomic mass is 16.1. The van der Waals surface area contributed by atoms with E-state index in [1.807, 2.05) is 0 Å². The van der Waals surface area contributed by atoms with Crippen LogP contribution in [-0.2, 0) is 4.79 Å². The van der Waals surface area contributed by atoms with Gasteiger partial charge in [-0.3, -0.25) is 4.79 Å². The summed E-state index contributed by atoms with van der Waals surface area (Å²) in [5.74, 6) is 2.21. The molecule has 0 bridgehead atoms. The van der Waals surface area contributed by atoms with Crippen LogP contribution in [0.5, 0.6) is 0 Å². The van der Waals surface area contributed by atoms with Crippen molar-refractivity contribution in [1.82, 2.24) is 0 Å². The Morgan fingerprint density at radius 1 is 1.00 bits per heavy atom. The Kier molecular flexibility index (Phi) is 2.76. The molecule has 3 fully saturated rings. The van der Waals surface area contributed by atoms with Gasteiger partial charge in [0.2, 0.25) is 0 Å². The third-order valence-electron chi connectivity index (χ3n) is 7.64. The van der Waals surface area contributed by atoms with Crippen molar-refractivity contribution in [2.24, 2.45) is 28.6 Å². The average molecular weight is 272 g/mol. The first kappa shape index (κ1) is 13.1. The van der Waals surface area contributed by atoms with Gasteiger partial charge in [0.05, 0.1) is 0 Å². The highest BCUT2D eigenvalue weighted by molar-refractivity contribution is 5.94. The Morgan fingerprint density at radius 2 is 1.85 bits per heavy atom. The number of hydrogen-bond acceptors (Lipinski definition) is 1. The fourth-order valence-corrected chi connectivity index (χ4v) is 6.42. The maximum Gasteiger partial charge on any atom is 0.159 e. The van der Waals surface area contributed by atoms with Crippen molar-refractivity contribution in [2.75, 3.05) is 0 Å². The van der Waals surface area contributed by atoms with Gasteiger partial charge >= 0.3 is 0 Å². The second-order valence-electron chi connectivity index (χ2n) is 8.52. The molecule has 1 nitrogen and oxygen atoms in total. The van der Waals surface area contributed by atoms with Gasteiger partial charge in [-0.1, -0.05) is 32.3 Å². The van der Waals surface area contributed by atoms with Gasteiger partial charge in [-0.25, -0.2) is 0 Å². The molecule has 4 aliphatic rings. The molecular formula is C19H28O. The molecule has 20 heavy (non-hydrogen) atoms. The minimum Gasteiger partial charge on any atom is -0.295 e. The van der Waals surface area contributed by atoms with Crippen LogP contribution in [0.1, 0.15) is 71.6 Å². The number of hydrogen-bond donors (Lipinski definition) is 0. The first-order chi connectivity index (χ1) is 9.55. The van der Waals surface area contributed by atoms with Gasteiger partial charge < -0.3 is 0 Å². The molecule has 0 aliphatic heterocycles. The van der Waals surface area contributed by atoms with Crippen LogP contribution in [0.4, 0.5) is 0 Å². The number of rotatable bonds is 0. The van der Waals surface area contributed by atoms with Crippen molar-refractivity contribution in [1.29, 1.82) is 0 Å². The molecule has 0 unspecified atom stereocenters. The number of fused-ring (bicyclic) bond motifs is 5. The number of ketones is 1. The predicted molar refractivity (Wildman–Crippen MR) is 81.3 cm³/mol. The second kappa shape index (κ2) is 4.21. The topological polar surface area (TPSA) is 17.1 Å². The monoisotopic (exact) mass is 272 g/mol. The van der Waals surface area contributed by atoms with E-state index < -0.39 is 0 Å². The molecule has 5 atom stereocenters. The average Bonchev–Trinajstić information content (AvgIpc) is 2.81. The van der Waals surface area contributed by atoms with Crippen molar-refractivity contribution >= 4 is 5.78 Å². The summed E-state index contributed by atoms with van der Waals surface area (Å²) in [6.07, 6.45) is 14.0. The number of carbonyl (C=O) groups excluding carboxylic acids is 1. The first-order valence-electron chi connectivity index (χ1n) is 8.79. The molecule has 0 amide bonds. The zero-order chi connectivity index (χ0) is 14.0. The van der Waals surface area contributed by atoms with Crippen LogP contribution >= 0.6 is 0 Å². The molecule has 0 saturated heterocycles. The van der Waals surface area contributed by atoms with Crippen LogP contribution in [0.25, 0.3) is 0 Å². The Morgan fingerprint density at radius 3 is 2.70 bits per heavy atom. The minimum absolute atomic E-state index is 0.362. The number of carbonyl (C=O) groups is 1. The zero-order valence-corrected chi connectivity index (χ0v) is 13.1. The third kappa shape index (κ3) is 1.58. The molecule has 0 N–H and O–H groups in total. The van der Waals surface area contributed by atoms with E-state index in [0.29, 0.717) is 34.4 Å². The Balaban J connectivity index is 1.77. The standard InChI is InChI=1S/C19H28O/c1-18-9-5-7-14(18)17-15(8-11-18)19(2)10-4-3-6-13(19)12-16(17)20/h12,14-15,17H,3-11H2,1-2H3/t14-,15-,17-,18-,19-/m0/s1. The molecule has 0 aromatic carbocycles. The summed E-state index contributed by atoms with van der Waals surface area (Å²) in [5, 5.41) is 0. The molecular weight excluding hydrogens is 244 g/mol. The summed E-state index contributed by atoms with van der Waals surface area (Å²) in [7, 11) is 0. The summed E-state index contributed by atoms with van der Waals surface area (Å²) in [4.78, 5) is 12.8. The molecule has 4 rings (SSSR count). The first-order valence-corrected chi connectivity index (χ1v) is 8.79. The zero-order valence-electron chi connectivity index (χ0n) is 13.1. The van der Waals surface area contributed by atoms with Crippen molar-refractivity contribution in [3.63, 3.8) is 0 Å². The summed E-state index contributed by atoms with van der Waals surface area (Å²) in [5.41, 5.74) is 2.35. The molecule has 0 heterocycles. The molecule has 4 aliphatic carbocycles. The molecule has 0 spiro atoms. The van der Waals surface area contributed by atoms with Crippen LogP contribution < -0.4 is 0 Å². The Hall–Kier alpha value is -0.590. The van der Waals surface area contributed by atoms with Crippen LogP contribution in [0.3, 0.4) is 0 Å². The van der Waals surface area contributed by atoms with Crippen LogP contribution in [0.2, 0.25) is 0 Å². The van der Waals surface area contributed by atoms with Gasteiger partial charge in [0.1, 0.15) is 0 Å². The van der Waals surface area contributed by atoms with Crippen LogP contribution in [-0.4, -0.2) is 5.78 Å². The second-order valence-corrected chi connectivity index (χ2v) is 8.52. The largest absolute Gasteiger partial charge is 0.295 e. The van der Waals surface area contributed by atoms with E-state index in [1.165, 1.54) is 63.4 Å². The van der Waals surface area contributed by atoms with Crippen LogP contribution in [0, 0.1) is 28.6 Å². The van der Waals surface area contributed by atoms with Gasteiger partial charge in [-0.15, -0.1) is 0 Å². The van der Waals surface area contributed by atoms with E-state index in [9.17, 15) is 4.79 Å². The quantitative estimate of drug-likeness (QED) is 0.612. The van der Waals surface area contributed by atoms with E-state index in [-0.39, 0.29) is 0 Å². The third-order valence-corrected chi connectivity index (χ3v) is 7.64. The summed E-state index contributed by atoms with van der Waals surface area (Å²) in [6.45, 7) is 4.95. The van der Waals surface area contributed by atoms with Gasteiger partial charge in [-0.2, -0.15) is 0 Å². The molecule has 0 radical (unpaired) electrons. The van der Waals surface area contributed by atoms with E-state index in [1.54, 1.807) is 0 Å². The highest BCUT2D eigenvalue weighted by Gasteiger charge is 2.57. The van der Waals surface area contributed by atoms with Gasteiger partial charge in [0, 0.05) is 5.92 Å². The van der Waals surface area contributed by atoms with Crippen LogP contribution in [0.15, 0.2) is 11.6 Å². The van der Waals surface area contributed by atoms with Crippen molar-refractivity contribution in [3.05, 3.63) is 11.6 Å². The summed E-state index contributed by atoms with van der Waals surface area (Å²) < 4.78 is 0. The minimum atomic E-state index is 0.362. The lowest BCUT2D eigenvalue weighted by Crippen LogP contribution is -2.51. The van der Waals surface area contributed by atoms with Gasteiger partial charge in [-0.05, 0) is 73.7 Å². The van der Waals surface area contributed by atoms with E-state index in [4.69, 9.17) is 0 Å².